The Bertz CT molecular complexity index is 245. The van der Waals surface area contributed by atoms with Crippen molar-refractivity contribution >= 4 is 16.9 Å². The molecule has 0 radical (unpaired) electrons. The summed E-state index contributed by atoms with van der Waals surface area (Å²) in [5, 5.41) is 2.15. The van der Waals surface area contributed by atoms with Gasteiger partial charge in [0, 0.05) is 4.88 Å². The van der Waals surface area contributed by atoms with Crippen LogP contribution in [0.4, 0.5) is 0 Å². The molecule has 60 valence electrons. The summed E-state index contributed by atoms with van der Waals surface area (Å²) in [5.74, 6) is 0. The Labute approximate surface area is 72.6 Å². The van der Waals surface area contributed by atoms with Crippen LogP contribution in [0.1, 0.15) is 30.7 Å². The molecule has 0 aliphatic heterocycles. The Morgan fingerprint density at radius 1 is 1.64 bits per heavy atom. The number of aryl methyl sites for hydroxylation is 1. The maximum absolute atomic E-state index is 3.95. The van der Waals surface area contributed by atoms with E-state index in [1.807, 2.05) is 11.3 Å². The van der Waals surface area contributed by atoms with Gasteiger partial charge in [-0.1, -0.05) is 19.9 Å². The number of hydrogen-bond acceptors (Lipinski definition) is 1. The molecule has 0 saturated carbocycles. The third kappa shape index (κ3) is 1.93. The summed E-state index contributed by atoms with van der Waals surface area (Å²) in [4.78, 5) is 1.49. The minimum Gasteiger partial charge on any atom is -0.148 e. The minimum absolute atomic E-state index is 1.19. The Kier molecular flexibility index (Phi) is 2.89. The molecule has 0 spiro atoms. The highest BCUT2D eigenvalue weighted by Gasteiger charge is 2.02. The van der Waals surface area contributed by atoms with E-state index < -0.39 is 0 Å². The van der Waals surface area contributed by atoms with Crippen molar-refractivity contribution in [2.75, 3.05) is 0 Å². The van der Waals surface area contributed by atoms with Crippen molar-refractivity contribution in [3.63, 3.8) is 0 Å². The van der Waals surface area contributed by atoms with Crippen LogP contribution >= 0.6 is 11.3 Å². The standard InChI is InChI=1S/C10H14S/c1-4-5-10-9(8(2)3)6-7-11-10/h6-7H,2,4-5H2,1,3H3. The highest BCUT2D eigenvalue weighted by Crippen LogP contribution is 2.23. The van der Waals surface area contributed by atoms with Crippen LogP contribution in [0.3, 0.4) is 0 Å². The molecule has 0 nitrogen and oxygen atoms in total. The molecular formula is C10H14S. The van der Waals surface area contributed by atoms with Gasteiger partial charge >= 0.3 is 0 Å². The lowest BCUT2D eigenvalue weighted by molar-refractivity contribution is 0.937. The predicted octanol–water partition coefficient (Wildman–Crippen LogP) is 3.73. The Hall–Kier alpha value is -0.560. The zero-order chi connectivity index (χ0) is 8.27. The van der Waals surface area contributed by atoms with Gasteiger partial charge in [-0.3, -0.25) is 0 Å². The van der Waals surface area contributed by atoms with Gasteiger partial charge in [0.15, 0.2) is 0 Å². The first-order valence-electron chi connectivity index (χ1n) is 3.98. The van der Waals surface area contributed by atoms with Crippen molar-refractivity contribution in [3.05, 3.63) is 28.5 Å². The van der Waals surface area contributed by atoms with Crippen LogP contribution in [0, 0.1) is 0 Å². The third-order valence-corrected chi connectivity index (χ3v) is 2.66. The third-order valence-electron chi connectivity index (χ3n) is 1.68. The van der Waals surface area contributed by atoms with E-state index in [9.17, 15) is 0 Å². The molecule has 0 aromatic carbocycles. The molecule has 0 N–H and O–H groups in total. The first-order valence-corrected chi connectivity index (χ1v) is 4.86. The van der Waals surface area contributed by atoms with Crippen LogP contribution in [-0.2, 0) is 6.42 Å². The van der Waals surface area contributed by atoms with Crippen molar-refractivity contribution in [2.45, 2.75) is 26.7 Å². The Balaban J connectivity index is 2.87. The summed E-state index contributed by atoms with van der Waals surface area (Å²) in [6.45, 7) is 8.23. The van der Waals surface area contributed by atoms with E-state index >= 15 is 0 Å². The fourth-order valence-electron chi connectivity index (χ4n) is 1.14. The quantitative estimate of drug-likeness (QED) is 0.641. The van der Waals surface area contributed by atoms with Crippen molar-refractivity contribution in [1.29, 1.82) is 0 Å². The van der Waals surface area contributed by atoms with Crippen molar-refractivity contribution in [3.8, 4) is 0 Å². The van der Waals surface area contributed by atoms with E-state index in [0.29, 0.717) is 0 Å². The molecule has 1 heteroatoms. The number of thiophene rings is 1. The van der Waals surface area contributed by atoms with Crippen LogP contribution in [0.15, 0.2) is 18.0 Å². The second kappa shape index (κ2) is 3.72. The topological polar surface area (TPSA) is 0 Å². The van der Waals surface area contributed by atoms with E-state index in [1.165, 1.54) is 28.9 Å². The molecule has 11 heavy (non-hydrogen) atoms. The molecule has 0 amide bonds. The van der Waals surface area contributed by atoms with Crippen LogP contribution in [0.5, 0.6) is 0 Å². The summed E-state index contributed by atoms with van der Waals surface area (Å²) in [7, 11) is 0. The molecular weight excluding hydrogens is 152 g/mol. The van der Waals surface area contributed by atoms with Crippen LogP contribution in [0.25, 0.3) is 5.57 Å². The van der Waals surface area contributed by atoms with Gasteiger partial charge in [-0.05, 0) is 35.9 Å². The van der Waals surface area contributed by atoms with Gasteiger partial charge < -0.3 is 0 Å². The molecule has 0 aliphatic rings. The predicted molar refractivity (Wildman–Crippen MR) is 53.0 cm³/mol. The molecule has 0 bridgehead atoms. The lowest BCUT2D eigenvalue weighted by atomic mass is 10.1. The SMILES string of the molecule is C=C(C)c1ccsc1CCC. The molecule has 1 aromatic rings. The van der Waals surface area contributed by atoms with Gasteiger partial charge in [-0.2, -0.15) is 0 Å². The zero-order valence-electron chi connectivity index (χ0n) is 7.18. The fraction of sp³-hybridized carbons (Fsp3) is 0.400. The van der Waals surface area contributed by atoms with Crippen molar-refractivity contribution < 1.29 is 0 Å². The lowest BCUT2D eigenvalue weighted by Crippen LogP contribution is -1.82. The highest BCUT2D eigenvalue weighted by molar-refractivity contribution is 7.10. The molecule has 1 rings (SSSR count). The summed E-state index contributed by atoms with van der Waals surface area (Å²) in [5.41, 5.74) is 2.55. The second-order valence-electron chi connectivity index (χ2n) is 2.79. The molecule has 1 aromatic heterocycles. The van der Waals surface area contributed by atoms with Crippen LogP contribution < -0.4 is 0 Å². The van der Waals surface area contributed by atoms with Crippen molar-refractivity contribution in [1.82, 2.24) is 0 Å². The zero-order valence-corrected chi connectivity index (χ0v) is 8.00. The second-order valence-corrected chi connectivity index (χ2v) is 3.79. The van der Waals surface area contributed by atoms with Crippen molar-refractivity contribution in [2.24, 2.45) is 0 Å². The molecule has 0 atom stereocenters. The van der Waals surface area contributed by atoms with E-state index in [-0.39, 0.29) is 0 Å². The molecule has 0 unspecified atom stereocenters. The molecule has 0 aliphatic carbocycles. The first-order chi connectivity index (χ1) is 5.25. The average molecular weight is 166 g/mol. The van der Waals surface area contributed by atoms with Crippen LogP contribution in [-0.4, -0.2) is 0 Å². The summed E-state index contributed by atoms with van der Waals surface area (Å²) in [6.07, 6.45) is 2.42. The summed E-state index contributed by atoms with van der Waals surface area (Å²) in [6, 6.07) is 2.16. The van der Waals surface area contributed by atoms with Gasteiger partial charge in [-0.15, -0.1) is 11.3 Å². The minimum atomic E-state index is 1.19. The molecule has 0 fully saturated rings. The van der Waals surface area contributed by atoms with E-state index in [1.54, 1.807) is 0 Å². The fourth-order valence-corrected chi connectivity index (χ4v) is 2.20. The molecule has 0 saturated heterocycles. The number of hydrogen-bond donors (Lipinski definition) is 0. The van der Waals surface area contributed by atoms with Gasteiger partial charge in [0.25, 0.3) is 0 Å². The van der Waals surface area contributed by atoms with Gasteiger partial charge in [0.2, 0.25) is 0 Å². The van der Waals surface area contributed by atoms with Crippen LogP contribution in [0.2, 0.25) is 0 Å². The van der Waals surface area contributed by atoms with E-state index in [4.69, 9.17) is 0 Å². The summed E-state index contributed by atoms with van der Waals surface area (Å²) >= 11 is 1.84. The highest BCUT2D eigenvalue weighted by atomic mass is 32.1. The Morgan fingerprint density at radius 2 is 2.36 bits per heavy atom. The van der Waals surface area contributed by atoms with E-state index in [2.05, 4.69) is 31.9 Å². The van der Waals surface area contributed by atoms with Gasteiger partial charge in [0.1, 0.15) is 0 Å². The van der Waals surface area contributed by atoms with E-state index in [0.717, 1.165) is 0 Å². The summed E-state index contributed by atoms with van der Waals surface area (Å²) < 4.78 is 0. The first kappa shape index (κ1) is 8.54. The number of rotatable bonds is 3. The average Bonchev–Trinajstić information content (AvgIpc) is 2.36. The lowest BCUT2D eigenvalue weighted by Gasteiger charge is -1.99. The maximum atomic E-state index is 3.95. The van der Waals surface area contributed by atoms with Gasteiger partial charge in [-0.25, -0.2) is 0 Å². The number of allylic oxidation sites excluding steroid dienone is 1. The monoisotopic (exact) mass is 166 g/mol. The Morgan fingerprint density at radius 3 is 2.91 bits per heavy atom. The normalized spacial score (nSPS) is 10.0. The largest absolute Gasteiger partial charge is 0.148 e. The smallest absolute Gasteiger partial charge is 0.0120 e. The van der Waals surface area contributed by atoms with Gasteiger partial charge in [0.05, 0.1) is 0 Å². The maximum Gasteiger partial charge on any atom is 0.0120 e. The molecule has 1 heterocycles.